The maximum absolute atomic E-state index is 12.2. The van der Waals surface area contributed by atoms with E-state index in [4.69, 9.17) is 0 Å². The molecule has 0 aliphatic rings. The van der Waals surface area contributed by atoms with E-state index >= 15 is 0 Å². The minimum absolute atomic E-state index is 0.370. The molecular weight excluding hydrogens is 238 g/mol. The number of halogens is 2. The van der Waals surface area contributed by atoms with Crippen LogP contribution in [0.4, 0.5) is 8.78 Å². The van der Waals surface area contributed by atoms with Gasteiger partial charge in [0.1, 0.15) is 24.2 Å². The van der Waals surface area contributed by atoms with Crippen molar-refractivity contribution in [3.63, 3.8) is 0 Å². The summed E-state index contributed by atoms with van der Waals surface area (Å²) in [6.07, 6.45) is 1.23. The Balaban J connectivity index is 0.000000180. The smallest absolute Gasteiger partial charge is 0.150 e. The van der Waals surface area contributed by atoms with Crippen molar-refractivity contribution in [3.8, 4) is 0 Å². The largest absolute Gasteiger partial charge is 0.298 e. The van der Waals surface area contributed by atoms with E-state index in [0.29, 0.717) is 23.7 Å². The normalized spacial score (nSPS) is 9.00. The molecule has 2 nitrogen and oxygen atoms in total. The fraction of sp³-hybridized carbons (Fsp3) is 0. The highest BCUT2D eigenvalue weighted by atomic mass is 19.1. The lowest BCUT2D eigenvalue weighted by Gasteiger charge is -1.86. The first-order valence-electron chi connectivity index (χ1n) is 5.07. The predicted molar refractivity (Wildman–Crippen MR) is 63.6 cm³/mol. The molecule has 2 aromatic carbocycles. The van der Waals surface area contributed by atoms with Crippen molar-refractivity contribution in [2.24, 2.45) is 0 Å². The summed E-state index contributed by atoms with van der Waals surface area (Å²) in [4.78, 5) is 20.0. The molecular formula is C14H10F2O2. The number of hydrogen-bond acceptors (Lipinski definition) is 2. The number of benzene rings is 2. The number of carbonyl (C=O) groups is 2. The molecule has 0 aliphatic carbocycles. The van der Waals surface area contributed by atoms with Crippen LogP contribution < -0.4 is 0 Å². The van der Waals surface area contributed by atoms with Crippen LogP contribution in [0.5, 0.6) is 0 Å². The van der Waals surface area contributed by atoms with Crippen LogP contribution in [0.25, 0.3) is 0 Å². The minimum atomic E-state index is -0.375. The lowest BCUT2D eigenvalue weighted by atomic mass is 10.2. The quantitative estimate of drug-likeness (QED) is 0.764. The van der Waals surface area contributed by atoms with Gasteiger partial charge in [0.2, 0.25) is 0 Å². The van der Waals surface area contributed by atoms with Gasteiger partial charge in [-0.2, -0.15) is 0 Å². The maximum Gasteiger partial charge on any atom is 0.150 e. The SMILES string of the molecule is O=Cc1cccc(F)c1.O=Cc1cccc(F)c1. The molecule has 0 unspecified atom stereocenters. The van der Waals surface area contributed by atoms with Gasteiger partial charge < -0.3 is 0 Å². The van der Waals surface area contributed by atoms with Gasteiger partial charge >= 0.3 is 0 Å². The summed E-state index contributed by atoms with van der Waals surface area (Å²) in [6, 6.07) is 11.1. The van der Waals surface area contributed by atoms with E-state index in [1.807, 2.05) is 0 Å². The van der Waals surface area contributed by atoms with Gasteiger partial charge in [-0.1, -0.05) is 24.3 Å². The molecule has 0 amide bonds. The zero-order chi connectivity index (χ0) is 13.4. The van der Waals surface area contributed by atoms with E-state index in [-0.39, 0.29) is 11.6 Å². The molecule has 2 aromatic rings. The third-order valence-electron chi connectivity index (χ3n) is 1.97. The molecule has 2 rings (SSSR count). The summed E-state index contributed by atoms with van der Waals surface area (Å²) in [5.74, 6) is -0.751. The van der Waals surface area contributed by atoms with Crippen LogP contribution in [0.1, 0.15) is 20.7 Å². The van der Waals surface area contributed by atoms with Crippen molar-refractivity contribution in [2.75, 3.05) is 0 Å². The first-order chi connectivity index (χ1) is 8.65. The van der Waals surface area contributed by atoms with Gasteiger partial charge in [-0.3, -0.25) is 9.59 Å². The monoisotopic (exact) mass is 248 g/mol. The highest BCUT2D eigenvalue weighted by Crippen LogP contribution is 1.99. The van der Waals surface area contributed by atoms with Gasteiger partial charge in [0.25, 0.3) is 0 Å². The van der Waals surface area contributed by atoms with E-state index in [1.165, 1.54) is 36.4 Å². The Morgan fingerprint density at radius 1 is 0.722 bits per heavy atom. The zero-order valence-corrected chi connectivity index (χ0v) is 9.35. The fourth-order valence-corrected chi connectivity index (χ4v) is 1.16. The summed E-state index contributed by atoms with van der Waals surface area (Å²) < 4.78 is 24.4. The van der Waals surface area contributed by atoms with E-state index < -0.39 is 0 Å². The third kappa shape index (κ3) is 4.65. The van der Waals surface area contributed by atoms with Crippen LogP contribution in [0.2, 0.25) is 0 Å². The second-order valence-electron chi connectivity index (χ2n) is 3.35. The zero-order valence-electron chi connectivity index (χ0n) is 9.35. The molecule has 0 heterocycles. The molecule has 92 valence electrons. The molecule has 0 bridgehead atoms. The molecule has 18 heavy (non-hydrogen) atoms. The Morgan fingerprint density at radius 3 is 1.33 bits per heavy atom. The summed E-state index contributed by atoms with van der Waals surface area (Å²) in [6.45, 7) is 0. The van der Waals surface area contributed by atoms with Gasteiger partial charge in [-0.05, 0) is 24.3 Å². The summed E-state index contributed by atoms with van der Waals surface area (Å²) in [7, 11) is 0. The van der Waals surface area contributed by atoms with Crippen LogP contribution >= 0.6 is 0 Å². The Hall–Kier alpha value is -2.36. The van der Waals surface area contributed by atoms with Crippen molar-refractivity contribution >= 4 is 12.6 Å². The lowest BCUT2D eigenvalue weighted by molar-refractivity contribution is 0.111. The Bertz CT molecular complexity index is 489. The van der Waals surface area contributed by atoms with Gasteiger partial charge in [-0.15, -0.1) is 0 Å². The maximum atomic E-state index is 12.2. The van der Waals surface area contributed by atoms with E-state index in [1.54, 1.807) is 12.1 Å². The first kappa shape index (κ1) is 13.7. The standard InChI is InChI=1S/2C7H5FO/c2*8-7-3-1-2-6(4-7)5-9/h2*1-5H. The molecule has 0 atom stereocenters. The van der Waals surface area contributed by atoms with Crippen LogP contribution in [0, 0.1) is 11.6 Å². The lowest BCUT2D eigenvalue weighted by Crippen LogP contribution is -1.79. The second-order valence-corrected chi connectivity index (χ2v) is 3.35. The fourth-order valence-electron chi connectivity index (χ4n) is 1.16. The first-order valence-corrected chi connectivity index (χ1v) is 5.07. The predicted octanol–water partition coefficient (Wildman–Crippen LogP) is 3.28. The minimum Gasteiger partial charge on any atom is -0.298 e. The van der Waals surface area contributed by atoms with Crippen molar-refractivity contribution in [1.82, 2.24) is 0 Å². The highest BCUT2D eigenvalue weighted by Gasteiger charge is 1.90. The Kier molecular flexibility index (Phi) is 5.38. The van der Waals surface area contributed by atoms with E-state index in [9.17, 15) is 18.4 Å². The molecule has 0 N–H and O–H groups in total. The second kappa shape index (κ2) is 7.06. The van der Waals surface area contributed by atoms with E-state index in [2.05, 4.69) is 0 Å². The number of aldehydes is 2. The van der Waals surface area contributed by atoms with Crippen molar-refractivity contribution < 1.29 is 18.4 Å². The van der Waals surface area contributed by atoms with Crippen LogP contribution in [0.3, 0.4) is 0 Å². The van der Waals surface area contributed by atoms with Crippen LogP contribution in [-0.2, 0) is 0 Å². The number of carbonyl (C=O) groups excluding carboxylic acids is 2. The van der Waals surface area contributed by atoms with Gasteiger partial charge in [0.15, 0.2) is 0 Å². The highest BCUT2D eigenvalue weighted by molar-refractivity contribution is 5.74. The van der Waals surface area contributed by atoms with Crippen molar-refractivity contribution in [2.45, 2.75) is 0 Å². The topological polar surface area (TPSA) is 34.1 Å². The molecule has 0 aliphatic heterocycles. The number of hydrogen-bond donors (Lipinski definition) is 0. The summed E-state index contributed by atoms with van der Waals surface area (Å²) in [5, 5.41) is 0. The van der Waals surface area contributed by atoms with E-state index in [0.717, 1.165) is 0 Å². The number of rotatable bonds is 2. The molecule has 0 radical (unpaired) electrons. The Labute approximate surface area is 103 Å². The molecule has 4 heteroatoms. The van der Waals surface area contributed by atoms with Gasteiger partial charge in [0, 0.05) is 11.1 Å². The van der Waals surface area contributed by atoms with Crippen LogP contribution in [0.15, 0.2) is 48.5 Å². The molecule has 0 saturated carbocycles. The summed E-state index contributed by atoms with van der Waals surface area (Å²) in [5.41, 5.74) is 0.741. The summed E-state index contributed by atoms with van der Waals surface area (Å²) >= 11 is 0. The molecule has 0 aromatic heterocycles. The molecule has 0 saturated heterocycles. The van der Waals surface area contributed by atoms with Crippen LogP contribution in [-0.4, -0.2) is 12.6 Å². The Morgan fingerprint density at radius 2 is 1.11 bits per heavy atom. The van der Waals surface area contributed by atoms with Gasteiger partial charge in [0.05, 0.1) is 0 Å². The average molecular weight is 248 g/mol. The van der Waals surface area contributed by atoms with Gasteiger partial charge in [-0.25, -0.2) is 8.78 Å². The molecule has 0 spiro atoms. The average Bonchev–Trinajstić information content (AvgIpc) is 2.39. The molecule has 0 fully saturated rings. The van der Waals surface area contributed by atoms with Crippen molar-refractivity contribution in [1.29, 1.82) is 0 Å². The third-order valence-corrected chi connectivity index (χ3v) is 1.97. The van der Waals surface area contributed by atoms with Crippen molar-refractivity contribution in [3.05, 3.63) is 71.3 Å².